The van der Waals surface area contributed by atoms with Crippen molar-refractivity contribution in [3.8, 4) is 0 Å². The van der Waals surface area contributed by atoms with Crippen LogP contribution in [0.5, 0.6) is 0 Å². The summed E-state index contributed by atoms with van der Waals surface area (Å²) in [5, 5.41) is 4.11. The fourth-order valence-electron chi connectivity index (χ4n) is 2.25. The van der Waals surface area contributed by atoms with Crippen molar-refractivity contribution in [2.45, 2.75) is 30.0 Å². The highest BCUT2D eigenvalue weighted by Crippen LogP contribution is 2.36. The van der Waals surface area contributed by atoms with Crippen molar-refractivity contribution < 1.29 is 0 Å². The van der Waals surface area contributed by atoms with E-state index in [-0.39, 0.29) is 5.54 Å². The van der Waals surface area contributed by atoms with Crippen LogP contribution in [-0.4, -0.2) is 47.3 Å². The maximum Gasteiger partial charge on any atom is 0.191 e. The lowest BCUT2D eigenvalue weighted by atomic mass is 9.75. The largest absolute Gasteiger partial charge is 0.383 e. The minimum atomic E-state index is 0.277. The van der Waals surface area contributed by atoms with Crippen LogP contribution in [0.1, 0.15) is 19.3 Å². The molecule has 0 unspecified atom stereocenters. The molecule has 3 N–H and O–H groups in total. The summed E-state index contributed by atoms with van der Waals surface area (Å²) in [7, 11) is 4.28. The van der Waals surface area contributed by atoms with Crippen LogP contribution in [0.25, 0.3) is 0 Å². The van der Waals surface area contributed by atoms with E-state index in [9.17, 15) is 0 Å². The summed E-state index contributed by atoms with van der Waals surface area (Å²) in [6.07, 6.45) is 5.74. The molecule has 0 atom stereocenters. The molecule has 18 heavy (non-hydrogen) atoms. The van der Waals surface area contributed by atoms with Crippen LogP contribution in [0.3, 0.4) is 0 Å². The normalized spacial score (nSPS) is 17.6. The van der Waals surface area contributed by atoms with Crippen LogP contribution in [0.15, 0.2) is 11.2 Å². The highest BCUT2D eigenvalue weighted by molar-refractivity contribution is 7.98. The molecule has 5 nitrogen and oxygen atoms in total. The first-order valence-electron chi connectivity index (χ1n) is 6.16. The van der Waals surface area contributed by atoms with Gasteiger partial charge in [-0.15, -0.1) is 0 Å². The minimum Gasteiger partial charge on any atom is -0.383 e. The Morgan fingerprint density at radius 1 is 1.44 bits per heavy atom. The molecule has 0 bridgehead atoms. The van der Waals surface area contributed by atoms with Crippen molar-refractivity contribution >= 4 is 23.4 Å². The van der Waals surface area contributed by atoms with E-state index in [0.717, 1.165) is 12.4 Å². The third kappa shape index (κ3) is 2.70. The highest BCUT2D eigenvalue weighted by atomic mass is 32.2. The summed E-state index contributed by atoms with van der Waals surface area (Å²) in [5.74, 6) is 1.34. The highest BCUT2D eigenvalue weighted by Gasteiger charge is 2.38. The van der Waals surface area contributed by atoms with Crippen LogP contribution in [-0.2, 0) is 0 Å². The van der Waals surface area contributed by atoms with Crippen LogP contribution < -0.4 is 11.1 Å². The summed E-state index contributed by atoms with van der Waals surface area (Å²) in [4.78, 5) is 10.9. The van der Waals surface area contributed by atoms with Crippen LogP contribution in [0.2, 0.25) is 0 Å². The van der Waals surface area contributed by atoms with Crippen molar-refractivity contribution in [3.63, 3.8) is 0 Å². The zero-order valence-corrected chi connectivity index (χ0v) is 12.0. The van der Waals surface area contributed by atoms with Crippen LogP contribution >= 0.6 is 11.8 Å². The average molecular weight is 267 g/mol. The van der Waals surface area contributed by atoms with Gasteiger partial charge in [0.25, 0.3) is 0 Å². The SMILES string of the molecule is CSc1nc(N)cc(NCC2(N(C)C)CCC2)n1. The van der Waals surface area contributed by atoms with E-state index in [0.29, 0.717) is 11.0 Å². The fourth-order valence-corrected chi connectivity index (χ4v) is 2.63. The number of hydrogen-bond donors (Lipinski definition) is 2. The molecule has 1 saturated carbocycles. The summed E-state index contributed by atoms with van der Waals surface area (Å²) in [6, 6.07) is 1.79. The predicted octanol–water partition coefficient (Wildman–Crippen LogP) is 1.68. The minimum absolute atomic E-state index is 0.277. The molecule has 0 radical (unpaired) electrons. The third-order valence-corrected chi connectivity index (χ3v) is 4.29. The molecule has 0 amide bonds. The molecule has 1 heterocycles. The Labute approximate surface area is 113 Å². The number of nitrogen functional groups attached to an aromatic ring is 1. The zero-order valence-electron chi connectivity index (χ0n) is 11.2. The number of nitrogens with zero attached hydrogens (tertiary/aromatic N) is 3. The monoisotopic (exact) mass is 267 g/mol. The molecule has 2 rings (SSSR count). The molecule has 1 aliphatic rings. The molecule has 1 fully saturated rings. The molecule has 0 aromatic carbocycles. The molecule has 1 aliphatic carbocycles. The molecule has 0 spiro atoms. The Balaban J connectivity index is 2.03. The predicted molar refractivity (Wildman–Crippen MR) is 77.0 cm³/mol. The third-order valence-electron chi connectivity index (χ3n) is 3.74. The Morgan fingerprint density at radius 3 is 2.67 bits per heavy atom. The quantitative estimate of drug-likeness (QED) is 0.625. The Hall–Kier alpha value is -1.01. The van der Waals surface area contributed by atoms with E-state index in [4.69, 9.17) is 5.73 Å². The lowest BCUT2D eigenvalue weighted by molar-refractivity contribution is 0.0738. The second-order valence-corrected chi connectivity index (χ2v) is 5.76. The van der Waals surface area contributed by atoms with Gasteiger partial charge in [0.1, 0.15) is 11.6 Å². The number of nitrogens with one attached hydrogen (secondary N) is 1. The second-order valence-electron chi connectivity index (χ2n) is 4.99. The van der Waals surface area contributed by atoms with Gasteiger partial charge in [-0.3, -0.25) is 0 Å². The van der Waals surface area contributed by atoms with Gasteiger partial charge in [-0.2, -0.15) is 0 Å². The first-order valence-corrected chi connectivity index (χ1v) is 7.38. The van der Waals surface area contributed by atoms with Crippen molar-refractivity contribution in [2.24, 2.45) is 0 Å². The number of rotatable bonds is 5. The lowest BCUT2D eigenvalue weighted by Crippen LogP contribution is -2.54. The molecular formula is C12H21N5S. The Morgan fingerprint density at radius 2 is 2.17 bits per heavy atom. The van der Waals surface area contributed by atoms with Crippen LogP contribution in [0, 0.1) is 0 Å². The average Bonchev–Trinajstić information content (AvgIpc) is 2.26. The molecule has 0 aliphatic heterocycles. The standard InChI is InChI=1S/C12H21N5S/c1-17(2)12(5-4-6-12)8-14-10-7-9(13)15-11(16-10)18-3/h7H,4-6,8H2,1-3H3,(H3,13,14,15,16). The van der Waals surface area contributed by atoms with Crippen molar-refractivity contribution in [1.82, 2.24) is 14.9 Å². The van der Waals surface area contributed by atoms with Gasteiger partial charge in [0, 0.05) is 18.2 Å². The molecule has 6 heteroatoms. The van der Waals surface area contributed by atoms with Gasteiger partial charge in [-0.1, -0.05) is 11.8 Å². The number of aromatic nitrogens is 2. The molecule has 1 aromatic heterocycles. The number of nitrogens with two attached hydrogens (primary N) is 1. The number of hydrogen-bond acceptors (Lipinski definition) is 6. The maximum atomic E-state index is 5.77. The lowest BCUT2D eigenvalue weighted by Gasteiger charge is -2.47. The van der Waals surface area contributed by atoms with Gasteiger partial charge >= 0.3 is 0 Å². The smallest absolute Gasteiger partial charge is 0.191 e. The number of likely N-dealkylation sites (N-methyl/N-ethyl adjacent to an activating group) is 1. The number of anilines is 2. The molecule has 0 saturated heterocycles. The van der Waals surface area contributed by atoms with Crippen molar-refractivity contribution in [1.29, 1.82) is 0 Å². The summed E-state index contributed by atoms with van der Waals surface area (Å²) >= 11 is 1.50. The second kappa shape index (κ2) is 5.32. The van der Waals surface area contributed by atoms with E-state index in [2.05, 4.69) is 34.3 Å². The zero-order chi connectivity index (χ0) is 13.2. The van der Waals surface area contributed by atoms with Gasteiger partial charge in [-0.25, -0.2) is 9.97 Å². The van der Waals surface area contributed by atoms with Crippen molar-refractivity contribution in [2.75, 3.05) is 37.9 Å². The van der Waals surface area contributed by atoms with E-state index in [1.54, 1.807) is 6.07 Å². The summed E-state index contributed by atoms with van der Waals surface area (Å²) in [6.45, 7) is 0.907. The van der Waals surface area contributed by atoms with E-state index in [1.165, 1.54) is 31.0 Å². The van der Waals surface area contributed by atoms with Crippen LogP contribution in [0.4, 0.5) is 11.6 Å². The van der Waals surface area contributed by atoms with E-state index in [1.807, 2.05) is 6.26 Å². The Bertz CT molecular complexity index is 417. The Kier molecular flexibility index (Phi) is 3.97. The summed E-state index contributed by atoms with van der Waals surface area (Å²) in [5.41, 5.74) is 6.04. The molecule has 1 aromatic rings. The molecular weight excluding hydrogens is 246 g/mol. The van der Waals surface area contributed by atoms with E-state index < -0.39 is 0 Å². The maximum absolute atomic E-state index is 5.77. The first kappa shape index (κ1) is 13.4. The van der Waals surface area contributed by atoms with E-state index >= 15 is 0 Å². The summed E-state index contributed by atoms with van der Waals surface area (Å²) < 4.78 is 0. The fraction of sp³-hybridized carbons (Fsp3) is 0.667. The van der Waals surface area contributed by atoms with Gasteiger partial charge < -0.3 is 16.0 Å². The number of thioether (sulfide) groups is 1. The van der Waals surface area contributed by atoms with Gasteiger partial charge in [0.05, 0.1) is 0 Å². The first-order chi connectivity index (χ1) is 8.55. The van der Waals surface area contributed by atoms with Crippen molar-refractivity contribution in [3.05, 3.63) is 6.07 Å². The molecule has 100 valence electrons. The van der Waals surface area contributed by atoms with Gasteiger partial charge in [0.2, 0.25) is 0 Å². The van der Waals surface area contributed by atoms with Gasteiger partial charge in [0.15, 0.2) is 5.16 Å². The van der Waals surface area contributed by atoms with Gasteiger partial charge in [-0.05, 0) is 39.6 Å². The topological polar surface area (TPSA) is 67.1 Å².